The van der Waals surface area contributed by atoms with Crippen LogP contribution < -0.4 is 5.32 Å². The first-order valence-electron chi connectivity index (χ1n) is 5.45. The highest BCUT2D eigenvalue weighted by Crippen LogP contribution is 2.08. The Hall–Kier alpha value is -0.830. The zero-order valence-electron chi connectivity index (χ0n) is 9.33. The quantitative estimate of drug-likeness (QED) is 0.760. The zero-order valence-corrected chi connectivity index (χ0v) is 10.1. The average Bonchev–Trinajstić information content (AvgIpc) is 2.27. The van der Waals surface area contributed by atoms with Crippen LogP contribution in [-0.2, 0) is 6.42 Å². The molecule has 3 nitrogen and oxygen atoms in total. The minimum Gasteiger partial charge on any atom is -0.368 e. The molecule has 0 amide bonds. The van der Waals surface area contributed by atoms with Crippen molar-refractivity contribution in [2.24, 2.45) is 0 Å². The van der Waals surface area contributed by atoms with Gasteiger partial charge in [-0.1, -0.05) is 20.3 Å². The molecule has 0 fully saturated rings. The summed E-state index contributed by atoms with van der Waals surface area (Å²) in [6.07, 6.45) is 4.65. The Bertz CT molecular complexity index is 291. The number of rotatable bonds is 6. The van der Waals surface area contributed by atoms with Crippen LogP contribution in [0.2, 0.25) is 0 Å². The summed E-state index contributed by atoms with van der Waals surface area (Å²) >= 11 is 6.10. The van der Waals surface area contributed by atoms with Crippen molar-refractivity contribution in [3.8, 4) is 0 Å². The molecular weight excluding hydrogens is 210 g/mol. The van der Waals surface area contributed by atoms with E-state index in [0.29, 0.717) is 0 Å². The summed E-state index contributed by atoms with van der Waals surface area (Å²) < 4.78 is 0. The molecule has 0 saturated heterocycles. The van der Waals surface area contributed by atoms with Gasteiger partial charge in [0.2, 0.25) is 0 Å². The summed E-state index contributed by atoms with van der Waals surface area (Å²) in [6.45, 7) is 4.97. The van der Waals surface area contributed by atoms with Crippen molar-refractivity contribution in [1.29, 1.82) is 0 Å². The van der Waals surface area contributed by atoms with Gasteiger partial charge in [-0.25, -0.2) is 9.97 Å². The lowest BCUT2D eigenvalue weighted by atomic mass is 10.2. The predicted octanol–water partition coefficient (Wildman–Crippen LogP) is 2.86. The fourth-order valence-electron chi connectivity index (χ4n) is 1.32. The number of aromatic nitrogens is 2. The van der Waals surface area contributed by atoms with Crippen molar-refractivity contribution < 1.29 is 0 Å². The smallest absolute Gasteiger partial charge is 0.129 e. The van der Waals surface area contributed by atoms with Crippen LogP contribution in [0.1, 0.15) is 32.4 Å². The third-order valence-electron chi connectivity index (χ3n) is 2.19. The van der Waals surface area contributed by atoms with Gasteiger partial charge in [0.05, 0.1) is 5.38 Å². The monoisotopic (exact) mass is 227 g/mol. The lowest BCUT2D eigenvalue weighted by Gasteiger charge is -2.10. The summed E-state index contributed by atoms with van der Waals surface area (Å²) in [4.78, 5) is 8.28. The number of halogens is 1. The molecular formula is C11H18ClN3. The Labute approximate surface area is 96.3 Å². The van der Waals surface area contributed by atoms with Gasteiger partial charge < -0.3 is 5.32 Å². The predicted molar refractivity (Wildman–Crippen MR) is 64.4 cm³/mol. The minimum absolute atomic E-state index is 0.176. The van der Waals surface area contributed by atoms with E-state index in [4.69, 9.17) is 11.6 Å². The minimum atomic E-state index is 0.176. The highest BCUT2D eigenvalue weighted by Gasteiger charge is 2.03. The molecule has 84 valence electrons. The lowest BCUT2D eigenvalue weighted by Crippen LogP contribution is -2.14. The molecule has 1 rings (SSSR count). The maximum atomic E-state index is 6.10. The molecule has 1 aromatic heterocycles. The summed E-state index contributed by atoms with van der Waals surface area (Å²) in [6, 6.07) is 1.97. The van der Waals surface area contributed by atoms with Crippen molar-refractivity contribution in [3.63, 3.8) is 0 Å². The molecule has 0 aliphatic carbocycles. The summed E-state index contributed by atoms with van der Waals surface area (Å²) in [5.74, 6) is 0.864. The van der Waals surface area contributed by atoms with Gasteiger partial charge in [0, 0.05) is 18.3 Å². The van der Waals surface area contributed by atoms with Crippen LogP contribution in [0.15, 0.2) is 12.4 Å². The molecule has 1 heterocycles. The Morgan fingerprint density at radius 1 is 1.40 bits per heavy atom. The molecule has 0 aliphatic heterocycles. The fraction of sp³-hybridized carbons (Fsp3) is 0.636. The van der Waals surface area contributed by atoms with Crippen molar-refractivity contribution in [1.82, 2.24) is 9.97 Å². The van der Waals surface area contributed by atoms with Crippen LogP contribution in [0.5, 0.6) is 0 Å². The second kappa shape index (κ2) is 6.62. The van der Waals surface area contributed by atoms with Crippen LogP contribution in [0.3, 0.4) is 0 Å². The van der Waals surface area contributed by atoms with Gasteiger partial charge >= 0.3 is 0 Å². The first-order chi connectivity index (χ1) is 7.26. The van der Waals surface area contributed by atoms with E-state index >= 15 is 0 Å². The molecule has 0 radical (unpaired) electrons. The first-order valence-corrected chi connectivity index (χ1v) is 5.88. The lowest BCUT2D eigenvalue weighted by molar-refractivity contribution is 0.750. The highest BCUT2D eigenvalue weighted by molar-refractivity contribution is 6.20. The Morgan fingerprint density at radius 3 is 2.87 bits per heavy atom. The summed E-state index contributed by atoms with van der Waals surface area (Å²) in [5.41, 5.74) is 1.05. The van der Waals surface area contributed by atoms with Gasteiger partial charge in [-0.2, -0.15) is 0 Å². The van der Waals surface area contributed by atoms with Gasteiger partial charge in [-0.15, -0.1) is 11.6 Å². The van der Waals surface area contributed by atoms with Crippen LogP contribution in [0.25, 0.3) is 0 Å². The fourth-order valence-corrected chi connectivity index (χ4v) is 1.61. The molecule has 1 atom stereocenters. The molecule has 4 heteroatoms. The molecule has 1 unspecified atom stereocenters. The summed E-state index contributed by atoms with van der Waals surface area (Å²) in [7, 11) is 0. The molecule has 0 bridgehead atoms. The number of aryl methyl sites for hydroxylation is 1. The molecule has 1 N–H and O–H groups in total. The van der Waals surface area contributed by atoms with E-state index in [-0.39, 0.29) is 5.38 Å². The van der Waals surface area contributed by atoms with Crippen LogP contribution in [0.4, 0.5) is 5.82 Å². The Kier molecular flexibility index (Phi) is 5.40. The third-order valence-corrected chi connectivity index (χ3v) is 2.57. The van der Waals surface area contributed by atoms with E-state index in [9.17, 15) is 0 Å². The molecule has 1 aromatic rings. The standard InChI is InChI=1S/C11H18ClN3/c1-3-5-9(12)7-13-11-6-10(4-2)14-8-15-11/h6,8-9H,3-5,7H2,1-2H3,(H,13,14,15). The van der Waals surface area contributed by atoms with Crippen LogP contribution >= 0.6 is 11.6 Å². The van der Waals surface area contributed by atoms with Crippen molar-refractivity contribution in [2.75, 3.05) is 11.9 Å². The van der Waals surface area contributed by atoms with E-state index in [1.54, 1.807) is 6.33 Å². The summed E-state index contributed by atoms with van der Waals surface area (Å²) in [5, 5.41) is 3.40. The average molecular weight is 228 g/mol. The third kappa shape index (κ3) is 4.47. The first kappa shape index (κ1) is 12.2. The topological polar surface area (TPSA) is 37.8 Å². The molecule has 15 heavy (non-hydrogen) atoms. The number of nitrogens with zero attached hydrogens (tertiary/aromatic N) is 2. The van der Waals surface area contributed by atoms with E-state index in [1.807, 2.05) is 6.07 Å². The highest BCUT2D eigenvalue weighted by atomic mass is 35.5. The Balaban J connectivity index is 2.43. The van der Waals surface area contributed by atoms with E-state index < -0.39 is 0 Å². The largest absolute Gasteiger partial charge is 0.368 e. The van der Waals surface area contributed by atoms with Crippen molar-refractivity contribution >= 4 is 17.4 Å². The molecule has 0 saturated carbocycles. The molecule has 0 aromatic carbocycles. The normalized spacial score (nSPS) is 12.5. The van der Waals surface area contributed by atoms with Crippen molar-refractivity contribution in [3.05, 3.63) is 18.1 Å². The van der Waals surface area contributed by atoms with Gasteiger partial charge in [-0.05, 0) is 12.8 Å². The second-order valence-electron chi connectivity index (χ2n) is 3.51. The number of hydrogen-bond donors (Lipinski definition) is 1. The van der Waals surface area contributed by atoms with Crippen LogP contribution in [-0.4, -0.2) is 21.9 Å². The van der Waals surface area contributed by atoms with E-state index in [1.165, 1.54) is 0 Å². The zero-order chi connectivity index (χ0) is 11.1. The van der Waals surface area contributed by atoms with Gasteiger partial charge in [0.25, 0.3) is 0 Å². The van der Waals surface area contributed by atoms with Gasteiger partial charge in [-0.3, -0.25) is 0 Å². The van der Waals surface area contributed by atoms with Crippen LogP contribution in [0, 0.1) is 0 Å². The molecule has 0 aliphatic rings. The Morgan fingerprint density at radius 2 is 2.20 bits per heavy atom. The number of anilines is 1. The van der Waals surface area contributed by atoms with Gasteiger partial charge in [0.15, 0.2) is 0 Å². The number of nitrogens with one attached hydrogen (secondary N) is 1. The number of hydrogen-bond acceptors (Lipinski definition) is 3. The van der Waals surface area contributed by atoms with Gasteiger partial charge in [0.1, 0.15) is 12.1 Å². The maximum Gasteiger partial charge on any atom is 0.129 e. The maximum absolute atomic E-state index is 6.10. The SMILES string of the molecule is CCCC(Cl)CNc1cc(CC)ncn1. The van der Waals surface area contributed by atoms with E-state index in [2.05, 4.69) is 29.1 Å². The van der Waals surface area contributed by atoms with Crippen molar-refractivity contribution in [2.45, 2.75) is 38.5 Å². The number of alkyl halides is 1. The second-order valence-corrected chi connectivity index (χ2v) is 4.13. The molecule has 0 spiro atoms. The van der Waals surface area contributed by atoms with E-state index in [0.717, 1.165) is 37.3 Å².